The maximum absolute atomic E-state index is 12.4. The number of nitrogens with one attached hydrogen (secondary N) is 2. The molecule has 7 nitrogen and oxygen atoms in total. The van der Waals surface area contributed by atoms with Crippen LogP contribution in [0.3, 0.4) is 0 Å². The van der Waals surface area contributed by atoms with Crippen molar-refractivity contribution in [1.29, 1.82) is 0 Å². The summed E-state index contributed by atoms with van der Waals surface area (Å²) in [5, 5.41) is 14.9. The fourth-order valence-electron chi connectivity index (χ4n) is 3.37. The molecule has 3 N–H and O–H groups in total. The number of aromatic carboxylic acids is 1. The Kier molecular flexibility index (Phi) is 6.84. The van der Waals surface area contributed by atoms with Gasteiger partial charge >= 0.3 is 12.0 Å². The average Bonchev–Trinajstić information content (AvgIpc) is 2.99. The summed E-state index contributed by atoms with van der Waals surface area (Å²) < 4.78 is 0. The fraction of sp³-hybridized carbons (Fsp3) is 0.318. The Morgan fingerprint density at radius 1 is 0.828 bits per heavy atom. The number of carboxylic acids is 1. The number of hydrogen-bond acceptors (Lipinski definition) is 3. The molecule has 2 aromatic rings. The third-order valence-corrected chi connectivity index (χ3v) is 4.91. The van der Waals surface area contributed by atoms with E-state index in [2.05, 4.69) is 10.6 Å². The predicted octanol–water partition coefficient (Wildman–Crippen LogP) is 3.97. The first-order valence-corrected chi connectivity index (χ1v) is 9.80. The second-order valence-corrected chi connectivity index (χ2v) is 7.10. The third kappa shape index (κ3) is 5.81. The number of anilines is 2. The highest BCUT2D eigenvalue weighted by molar-refractivity contribution is 5.96. The third-order valence-electron chi connectivity index (χ3n) is 4.91. The minimum atomic E-state index is -1.06. The van der Waals surface area contributed by atoms with Crippen molar-refractivity contribution in [2.24, 2.45) is 0 Å². The molecule has 152 valence electrons. The molecule has 3 amide bonds. The summed E-state index contributed by atoms with van der Waals surface area (Å²) in [7, 11) is 0. The number of likely N-dealkylation sites (tertiary alicyclic amines) is 1. The summed E-state index contributed by atoms with van der Waals surface area (Å²) >= 11 is 0. The lowest BCUT2D eigenvalue weighted by atomic mass is 10.0. The number of carbonyl (C=O) groups excluding carboxylic acids is 2. The second-order valence-electron chi connectivity index (χ2n) is 7.10. The van der Waals surface area contributed by atoms with Crippen LogP contribution in [0, 0.1) is 0 Å². The Labute approximate surface area is 169 Å². The van der Waals surface area contributed by atoms with E-state index >= 15 is 0 Å². The first-order chi connectivity index (χ1) is 14.0. The van der Waals surface area contributed by atoms with Gasteiger partial charge in [0.1, 0.15) is 0 Å². The number of nitrogens with zero attached hydrogens (tertiary/aromatic N) is 1. The Hall–Kier alpha value is -3.35. The van der Waals surface area contributed by atoms with Crippen molar-refractivity contribution in [3.63, 3.8) is 0 Å². The predicted molar refractivity (Wildman–Crippen MR) is 111 cm³/mol. The number of urea groups is 1. The molecule has 1 aliphatic heterocycles. The highest BCUT2D eigenvalue weighted by Gasteiger charge is 2.16. The van der Waals surface area contributed by atoms with Gasteiger partial charge in [-0.25, -0.2) is 9.59 Å². The van der Waals surface area contributed by atoms with E-state index in [-0.39, 0.29) is 23.9 Å². The molecule has 0 aromatic heterocycles. The van der Waals surface area contributed by atoms with Crippen LogP contribution in [0.15, 0.2) is 48.5 Å². The first-order valence-electron chi connectivity index (χ1n) is 9.80. The van der Waals surface area contributed by atoms with Gasteiger partial charge < -0.3 is 20.6 Å². The number of carboxylic acid groups (broad SMARTS) is 1. The molecule has 2 aromatic carbocycles. The van der Waals surface area contributed by atoms with Crippen LogP contribution in [0.25, 0.3) is 0 Å². The van der Waals surface area contributed by atoms with Crippen molar-refractivity contribution >= 4 is 29.3 Å². The van der Waals surface area contributed by atoms with Gasteiger partial charge in [0.2, 0.25) is 5.91 Å². The number of amides is 3. The molecule has 0 radical (unpaired) electrons. The molecule has 3 rings (SSSR count). The highest BCUT2D eigenvalue weighted by atomic mass is 16.4. The van der Waals surface area contributed by atoms with Crippen LogP contribution in [0.5, 0.6) is 0 Å². The second kappa shape index (κ2) is 9.73. The van der Waals surface area contributed by atoms with E-state index in [0.717, 1.165) is 38.8 Å². The van der Waals surface area contributed by atoms with Gasteiger partial charge in [-0.1, -0.05) is 31.0 Å². The zero-order valence-corrected chi connectivity index (χ0v) is 16.2. The summed E-state index contributed by atoms with van der Waals surface area (Å²) in [4.78, 5) is 37.7. The van der Waals surface area contributed by atoms with Gasteiger partial charge in [0, 0.05) is 24.5 Å². The lowest BCUT2D eigenvalue weighted by Crippen LogP contribution is -2.35. The van der Waals surface area contributed by atoms with Gasteiger partial charge in [0.15, 0.2) is 0 Å². The molecule has 1 fully saturated rings. The van der Waals surface area contributed by atoms with Crippen molar-refractivity contribution in [3.8, 4) is 0 Å². The smallest absolute Gasteiger partial charge is 0.335 e. The van der Waals surface area contributed by atoms with E-state index in [9.17, 15) is 19.5 Å². The van der Waals surface area contributed by atoms with Gasteiger partial charge in [-0.05, 0) is 48.7 Å². The maximum atomic E-state index is 12.4. The lowest BCUT2D eigenvalue weighted by molar-refractivity contribution is -0.115. The minimum Gasteiger partial charge on any atom is -0.478 e. The standard InChI is InChI=1S/C22H25N3O4/c26-20(15-16-7-3-4-8-19(16)21(27)28)23-17-9-11-18(12-10-17)24-22(29)25-13-5-1-2-6-14-25/h3-4,7-12H,1-2,5-6,13-15H2,(H,23,26)(H,24,29)(H,27,28). The van der Waals surface area contributed by atoms with Crippen LogP contribution in [0.2, 0.25) is 0 Å². The molecule has 1 aliphatic rings. The van der Waals surface area contributed by atoms with Crippen LogP contribution in [-0.2, 0) is 11.2 Å². The molecule has 1 saturated heterocycles. The molecule has 0 bridgehead atoms. The topological polar surface area (TPSA) is 98.7 Å². The van der Waals surface area contributed by atoms with E-state index in [0.29, 0.717) is 16.9 Å². The van der Waals surface area contributed by atoms with Gasteiger partial charge in [-0.15, -0.1) is 0 Å². The number of carbonyl (C=O) groups is 3. The molecule has 0 spiro atoms. The van der Waals surface area contributed by atoms with Crippen LogP contribution in [0.4, 0.5) is 16.2 Å². The summed E-state index contributed by atoms with van der Waals surface area (Å²) in [6, 6.07) is 13.2. The van der Waals surface area contributed by atoms with E-state index < -0.39 is 5.97 Å². The van der Waals surface area contributed by atoms with Crippen molar-refractivity contribution in [2.45, 2.75) is 32.1 Å². The van der Waals surface area contributed by atoms with Crippen molar-refractivity contribution < 1.29 is 19.5 Å². The summed E-state index contributed by atoms with van der Waals surface area (Å²) in [5.74, 6) is -1.36. The average molecular weight is 395 g/mol. The molecule has 0 atom stereocenters. The highest BCUT2D eigenvalue weighted by Crippen LogP contribution is 2.17. The summed E-state index contributed by atoms with van der Waals surface area (Å²) in [6.07, 6.45) is 4.35. The minimum absolute atomic E-state index is 0.0318. The monoisotopic (exact) mass is 395 g/mol. The van der Waals surface area contributed by atoms with Crippen LogP contribution in [-0.4, -0.2) is 41.0 Å². The fourth-order valence-corrected chi connectivity index (χ4v) is 3.37. The van der Waals surface area contributed by atoms with Crippen LogP contribution >= 0.6 is 0 Å². The van der Waals surface area contributed by atoms with Gasteiger partial charge in [0.25, 0.3) is 0 Å². The van der Waals surface area contributed by atoms with E-state index in [1.54, 1.807) is 42.5 Å². The maximum Gasteiger partial charge on any atom is 0.335 e. The normalized spacial score (nSPS) is 14.0. The molecular weight excluding hydrogens is 370 g/mol. The lowest BCUT2D eigenvalue weighted by Gasteiger charge is -2.20. The summed E-state index contributed by atoms with van der Waals surface area (Å²) in [5.41, 5.74) is 1.82. The van der Waals surface area contributed by atoms with Crippen molar-refractivity contribution in [1.82, 2.24) is 4.90 Å². The number of benzene rings is 2. The molecule has 7 heteroatoms. The Balaban J connectivity index is 1.55. The van der Waals surface area contributed by atoms with Crippen molar-refractivity contribution in [3.05, 3.63) is 59.7 Å². The molecule has 0 aliphatic carbocycles. The quantitative estimate of drug-likeness (QED) is 0.713. The first kappa shape index (κ1) is 20.4. The van der Waals surface area contributed by atoms with Gasteiger partial charge in [-0.2, -0.15) is 0 Å². The number of hydrogen-bond donors (Lipinski definition) is 3. The number of rotatable bonds is 5. The SMILES string of the molecule is O=C(Cc1ccccc1C(=O)O)Nc1ccc(NC(=O)N2CCCCCC2)cc1. The van der Waals surface area contributed by atoms with Crippen LogP contribution in [0.1, 0.15) is 41.6 Å². The Bertz CT molecular complexity index is 872. The largest absolute Gasteiger partial charge is 0.478 e. The van der Waals surface area contributed by atoms with E-state index in [1.807, 2.05) is 4.90 Å². The van der Waals surface area contributed by atoms with Crippen LogP contribution < -0.4 is 10.6 Å². The van der Waals surface area contributed by atoms with Crippen molar-refractivity contribution in [2.75, 3.05) is 23.7 Å². The Morgan fingerprint density at radius 2 is 1.41 bits per heavy atom. The van der Waals surface area contributed by atoms with Gasteiger partial charge in [-0.3, -0.25) is 4.79 Å². The molecule has 1 heterocycles. The Morgan fingerprint density at radius 3 is 2.03 bits per heavy atom. The molecule has 0 unspecified atom stereocenters. The zero-order valence-electron chi connectivity index (χ0n) is 16.2. The summed E-state index contributed by atoms with van der Waals surface area (Å²) in [6.45, 7) is 1.55. The van der Waals surface area contributed by atoms with Gasteiger partial charge in [0.05, 0.1) is 12.0 Å². The molecule has 0 saturated carbocycles. The van der Waals surface area contributed by atoms with E-state index in [4.69, 9.17) is 0 Å². The molecule has 29 heavy (non-hydrogen) atoms. The van der Waals surface area contributed by atoms with E-state index in [1.165, 1.54) is 6.07 Å². The zero-order chi connectivity index (χ0) is 20.6. The molecular formula is C22H25N3O4.